The topological polar surface area (TPSA) is 42.2 Å². The van der Waals surface area contributed by atoms with Crippen LogP contribution in [0, 0.1) is 0 Å². The Morgan fingerprint density at radius 1 is 1.44 bits per heavy atom. The van der Waals surface area contributed by atoms with Crippen molar-refractivity contribution in [3.8, 4) is 0 Å². The lowest BCUT2D eigenvalue weighted by Gasteiger charge is -2.03. The smallest absolute Gasteiger partial charge is 0.352 e. The standard InChI is InChI=1S/C10H7Br2NO2S/c11-6-3-8(10(14)15)13(4-6)5-7-1-2-9(12)16-7/h1-4H,5H2,(H,14,15). The third-order valence-electron chi connectivity index (χ3n) is 2.04. The largest absolute Gasteiger partial charge is 0.477 e. The number of hydrogen-bond donors (Lipinski definition) is 1. The molecule has 0 fully saturated rings. The Balaban J connectivity index is 2.30. The molecule has 6 heteroatoms. The molecule has 0 saturated heterocycles. The highest BCUT2D eigenvalue weighted by atomic mass is 79.9. The van der Waals surface area contributed by atoms with Crippen LogP contribution in [-0.4, -0.2) is 15.6 Å². The highest BCUT2D eigenvalue weighted by Gasteiger charge is 2.12. The van der Waals surface area contributed by atoms with Crippen LogP contribution >= 0.6 is 43.2 Å². The molecule has 0 atom stereocenters. The Morgan fingerprint density at radius 3 is 2.75 bits per heavy atom. The molecule has 1 N–H and O–H groups in total. The summed E-state index contributed by atoms with van der Waals surface area (Å²) >= 11 is 8.26. The lowest BCUT2D eigenvalue weighted by molar-refractivity contribution is 0.0686. The zero-order valence-corrected chi connectivity index (χ0v) is 12.0. The highest BCUT2D eigenvalue weighted by molar-refractivity contribution is 9.11. The fourth-order valence-electron chi connectivity index (χ4n) is 1.39. The van der Waals surface area contributed by atoms with Crippen molar-refractivity contribution in [3.05, 3.63) is 43.2 Å². The molecule has 0 spiro atoms. The van der Waals surface area contributed by atoms with E-state index >= 15 is 0 Å². The normalized spacial score (nSPS) is 10.6. The van der Waals surface area contributed by atoms with Crippen molar-refractivity contribution in [2.24, 2.45) is 0 Å². The molecule has 2 aromatic rings. The molecule has 0 bridgehead atoms. The maximum Gasteiger partial charge on any atom is 0.352 e. The molecule has 0 radical (unpaired) electrons. The van der Waals surface area contributed by atoms with Gasteiger partial charge in [-0.05, 0) is 50.1 Å². The molecule has 0 aromatic carbocycles. The van der Waals surface area contributed by atoms with Gasteiger partial charge < -0.3 is 9.67 Å². The number of hydrogen-bond acceptors (Lipinski definition) is 2. The number of thiophene rings is 1. The lowest BCUT2D eigenvalue weighted by atomic mass is 10.4. The molecular formula is C10H7Br2NO2S. The summed E-state index contributed by atoms with van der Waals surface area (Å²) in [5.74, 6) is -0.915. The van der Waals surface area contributed by atoms with Gasteiger partial charge in [-0.2, -0.15) is 0 Å². The van der Waals surface area contributed by atoms with Gasteiger partial charge in [-0.15, -0.1) is 11.3 Å². The number of aromatic nitrogens is 1. The Morgan fingerprint density at radius 2 is 2.19 bits per heavy atom. The number of aromatic carboxylic acids is 1. The summed E-state index contributed by atoms with van der Waals surface area (Å²) in [4.78, 5) is 12.1. The van der Waals surface area contributed by atoms with Gasteiger partial charge in [0, 0.05) is 15.5 Å². The van der Waals surface area contributed by atoms with E-state index in [4.69, 9.17) is 5.11 Å². The van der Waals surface area contributed by atoms with Gasteiger partial charge in [-0.25, -0.2) is 4.79 Å². The summed E-state index contributed by atoms with van der Waals surface area (Å²) in [5, 5.41) is 9.01. The predicted octanol–water partition coefficient (Wildman–Crippen LogP) is 3.82. The number of carboxylic acids is 1. The van der Waals surface area contributed by atoms with Gasteiger partial charge in [0.2, 0.25) is 0 Å². The van der Waals surface area contributed by atoms with E-state index in [-0.39, 0.29) is 5.69 Å². The summed E-state index contributed by atoms with van der Waals surface area (Å²) in [6.07, 6.45) is 1.77. The highest BCUT2D eigenvalue weighted by Crippen LogP contribution is 2.24. The van der Waals surface area contributed by atoms with E-state index in [1.807, 2.05) is 12.1 Å². The summed E-state index contributed by atoms with van der Waals surface area (Å²) in [6, 6.07) is 5.54. The van der Waals surface area contributed by atoms with E-state index in [1.165, 1.54) is 0 Å². The lowest BCUT2D eigenvalue weighted by Crippen LogP contribution is -2.07. The van der Waals surface area contributed by atoms with Crippen molar-refractivity contribution in [3.63, 3.8) is 0 Å². The second kappa shape index (κ2) is 4.73. The number of carboxylic acid groups (broad SMARTS) is 1. The molecule has 0 amide bonds. The van der Waals surface area contributed by atoms with E-state index in [1.54, 1.807) is 28.2 Å². The van der Waals surface area contributed by atoms with Crippen LogP contribution in [0.2, 0.25) is 0 Å². The van der Waals surface area contributed by atoms with Crippen molar-refractivity contribution in [2.45, 2.75) is 6.54 Å². The Bertz CT molecular complexity index is 533. The van der Waals surface area contributed by atoms with Gasteiger partial charge in [-0.1, -0.05) is 0 Å². The van der Waals surface area contributed by atoms with Crippen LogP contribution in [-0.2, 0) is 6.54 Å². The van der Waals surface area contributed by atoms with Gasteiger partial charge >= 0.3 is 5.97 Å². The Kier molecular flexibility index (Phi) is 3.51. The first-order valence-electron chi connectivity index (χ1n) is 4.39. The summed E-state index contributed by atoms with van der Waals surface area (Å²) in [7, 11) is 0. The van der Waals surface area contributed by atoms with E-state index in [0.717, 1.165) is 13.1 Å². The van der Waals surface area contributed by atoms with Gasteiger partial charge in [0.25, 0.3) is 0 Å². The van der Waals surface area contributed by atoms with Crippen molar-refractivity contribution in [1.82, 2.24) is 4.57 Å². The fraction of sp³-hybridized carbons (Fsp3) is 0.100. The molecule has 0 aliphatic heterocycles. The molecule has 2 rings (SSSR count). The van der Waals surface area contributed by atoms with Gasteiger partial charge in [-0.3, -0.25) is 0 Å². The zero-order chi connectivity index (χ0) is 11.7. The summed E-state index contributed by atoms with van der Waals surface area (Å²) in [6.45, 7) is 0.573. The fourth-order valence-corrected chi connectivity index (χ4v) is 3.34. The zero-order valence-electron chi connectivity index (χ0n) is 7.98. The minimum Gasteiger partial charge on any atom is -0.477 e. The second-order valence-corrected chi connectivity index (χ2v) is 6.65. The molecule has 0 aliphatic carbocycles. The summed E-state index contributed by atoms with van der Waals surface area (Å²) < 4.78 is 3.54. The van der Waals surface area contributed by atoms with Crippen LogP contribution in [0.3, 0.4) is 0 Å². The molecule has 2 aromatic heterocycles. The minimum atomic E-state index is -0.915. The van der Waals surface area contributed by atoms with Crippen LogP contribution < -0.4 is 0 Å². The quantitative estimate of drug-likeness (QED) is 0.899. The van der Waals surface area contributed by atoms with Gasteiger partial charge in [0.15, 0.2) is 0 Å². The third-order valence-corrected chi connectivity index (χ3v) is 4.08. The number of rotatable bonds is 3. The molecule has 3 nitrogen and oxygen atoms in total. The molecule has 0 unspecified atom stereocenters. The predicted molar refractivity (Wildman–Crippen MR) is 70.2 cm³/mol. The van der Waals surface area contributed by atoms with Crippen LogP contribution in [0.15, 0.2) is 32.7 Å². The van der Waals surface area contributed by atoms with Gasteiger partial charge in [0.05, 0.1) is 10.3 Å². The molecular weight excluding hydrogens is 358 g/mol. The SMILES string of the molecule is O=C(O)c1cc(Br)cn1Cc1ccc(Br)s1. The first-order valence-corrected chi connectivity index (χ1v) is 6.79. The Labute approximate surface area is 113 Å². The number of nitrogens with zero attached hydrogens (tertiary/aromatic N) is 1. The summed E-state index contributed by atoms with van der Waals surface area (Å²) in [5.41, 5.74) is 0.288. The second-order valence-electron chi connectivity index (χ2n) is 3.18. The number of carbonyl (C=O) groups is 1. The molecule has 0 saturated carbocycles. The molecule has 16 heavy (non-hydrogen) atoms. The van der Waals surface area contributed by atoms with E-state index in [2.05, 4.69) is 31.9 Å². The molecule has 2 heterocycles. The van der Waals surface area contributed by atoms with Crippen molar-refractivity contribution < 1.29 is 9.90 Å². The van der Waals surface area contributed by atoms with Crippen LogP contribution in [0.25, 0.3) is 0 Å². The third kappa shape index (κ3) is 2.56. The first-order chi connectivity index (χ1) is 7.56. The number of halogens is 2. The molecule has 84 valence electrons. The van der Waals surface area contributed by atoms with E-state index < -0.39 is 5.97 Å². The Hall–Kier alpha value is -0.590. The van der Waals surface area contributed by atoms with E-state index in [0.29, 0.717) is 6.54 Å². The molecule has 0 aliphatic rings. The monoisotopic (exact) mass is 363 g/mol. The average Bonchev–Trinajstić information content (AvgIpc) is 2.74. The maximum absolute atomic E-state index is 11.0. The van der Waals surface area contributed by atoms with E-state index in [9.17, 15) is 4.79 Å². The van der Waals surface area contributed by atoms with Crippen molar-refractivity contribution in [1.29, 1.82) is 0 Å². The van der Waals surface area contributed by atoms with Crippen LogP contribution in [0.1, 0.15) is 15.4 Å². The minimum absolute atomic E-state index is 0.288. The van der Waals surface area contributed by atoms with Gasteiger partial charge in [0.1, 0.15) is 5.69 Å². The average molecular weight is 365 g/mol. The van der Waals surface area contributed by atoms with Crippen LogP contribution in [0.4, 0.5) is 0 Å². The van der Waals surface area contributed by atoms with Crippen LogP contribution in [0.5, 0.6) is 0 Å². The first kappa shape index (κ1) is 11.9. The van der Waals surface area contributed by atoms with Crippen molar-refractivity contribution >= 4 is 49.2 Å². The van der Waals surface area contributed by atoms with Crippen molar-refractivity contribution in [2.75, 3.05) is 0 Å². The maximum atomic E-state index is 11.0.